The van der Waals surface area contributed by atoms with E-state index in [4.69, 9.17) is 4.74 Å². The van der Waals surface area contributed by atoms with Gasteiger partial charge in [-0.15, -0.1) is 11.3 Å². The van der Waals surface area contributed by atoms with E-state index in [2.05, 4.69) is 16.8 Å². The molecule has 5 nitrogen and oxygen atoms in total. The van der Waals surface area contributed by atoms with Crippen molar-refractivity contribution >= 4 is 23.2 Å². The fourth-order valence-corrected chi connectivity index (χ4v) is 4.63. The predicted molar refractivity (Wildman–Crippen MR) is 91.8 cm³/mol. The average Bonchev–Trinajstić information content (AvgIpc) is 3.27. The van der Waals surface area contributed by atoms with Gasteiger partial charge in [0.1, 0.15) is 6.10 Å². The first kappa shape index (κ1) is 16.1. The third-order valence-electron chi connectivity index (χ3n) is 5.19. The lowest BCUT2D eigenvalue weighted by atomic mass is 9.96. The summed E-state index contributed by atoms with van der Waals surface area (Å²) < 4.78 is 5.84. The summed E-state index contributed by atoms with van der Waals surface area (Å²) in [6, 6.07) is 2.52. The molecule has 3 aliphatic rings. The van der Waals surface area contributed by atoms with Gasteiger partial charge in [0.2, 0.25) is 11.8 Å². The number of nitrogens with one attached hydrogen (secondary N) is 1. The molecule has 2 unspecified atom stereocenters. The van der Waals surface area contributed by atoms with Gasteiger partial charge in [-0.25, -0.2) is 0 Å². The van der Waals surface area contributed by atoms with Gasteiger partial charge in [0, 0.05) is 24.0 Å². The number of hydrogen-bond acceptors (Lipinski definition) is 4. The first-order chi connectivity index (χ1) is 11.7. The van der Waals surface area contributed by atoms with Crippen molar-refractivity contribution in [2.45, 2.75) is 50.7 Å². The van der Waals surface area contributed by atoms with Crippen LogP contribution in [-0.4, -0.2) is 42.5 Å². The minimum atomic E-state index is -0.109. The summed E-state index contributed by atoms with van der Waals surface area (Å²) in [5.74, 6) is 0.197. The SMILES string of the molecule is O=C(NC1CC1)C1CCCN(C(=O)CC2OCCc3ccsc32)C1. The lowest BCUT2D eigenvalue weighted by molar-refractivity contribution is -0.138. The third kappa shape index (κ3) is 3.49. The van der Waals surface area contributed by atoms with Crippen LogP contribution in [-0.2, 0) is 20.7 Å². The van der Waals surface area contributed by atoms with Crippen LogP contribution in [0.3, 0.4) is 0 Å². The Bertz CT molecular complexity index is 626. The maximum atomic E-state index is 12.7. The van der Waals surface area contributed by atoms with Crippen molar-refractivity contribution in [3.63, 3.8) is 0 Å². The largest absolute Gasteiger partial charge is 0.372 e. The van der Waals surface area contributed by atoms with Crippen molar-refractivity contribution in [2.75, 3.05) is 19.7 Å². The third-order valence-corrected chi connectivity index (χ3v) is 6.24. The number of amides is 2. The molecule has 1 aromatic heterocycles. The minimum Gasteiger partial charge on any atom is -0.372 e. The molecule has 0 radical (unpaired) electrons. The highest BCUT2D eigenvalue weighted by Gasteiger charge is 2.33. The average molecular weight is 348 g/mol. The van der Waals surface area contributed by atoms with Gasteiger partial charge in [0.05, 0.1) is 18.9 Å². The Labute approximate surface area is 146 Å². The van der Waals surface area contributed by atoms with Crippen LogP contribution in [0.4, 0.5) is 0 Å². The highest BCUT2D eigenvalue weighted by Crippen LogP contribution is 2.34. The second-order valence-corrected chi connectivity index (χ2v) is 8.03. The second-order valence-electron chi connectivity index (χ2n) is 7.09. The summed E-state index contributed by atoms with van der Waals surface area (Å²) in [7, 11) is 0. The molecule has 2 aliphatic heterocycles. The van der Waals surface area contributed by atoms with Gasteiger partial charge in [-0.1, -0.05) is 0 Å². The van der Waals surface area contributed by atoms with Crippen LogP contribution < -0.4 is 5.32 Å². The molecule has 1 aliphatic carbocycles. The quantitative estimate of drug-likeness (QED) is 0.908. The van der Waals surface area contributed by atoms with Crippen LogP contribution in [0.1, 0.15) is 48.6 Å². The topological polar surface area (TPSA) is 58.6 Å². The van der Waals surface area contributed by atoms with Crippen molar-refractivity contribution in [1.82, 2.24) is 10.2 Å². The zero-order valence-corrected chi connectivity index (χ0v) is 14.6. The molecule has 1 aromatic rings. The van der Waals surface area contributed by atoms with E-state index in [0.717, 1.165) is 38.6 Å². The number of nitrogens with zero attached hydrogens (tertiary/aromatic N) is 1. The molecule has 0 spiro atoms. The van der Waals surface area contributed by atoms with Crippen molar-refractivity contribution in [3.8, 4) is 0 Å². The first-order valence-corrected chi connectivity index (χ1v) is 9.84. The number of rotatable bonds is 4. The molecule has 2 atom stereocenters. The summed E-state index contributed by atoms with van der Waals surface area (Å²) in [4.78, 5) is 28.1. The lowest BCUT2D eigenvalue weighted by Gasteiger charge is -2.33. The normalized spacial score (nSPS) is 26.8. The van der Waals surface area contributed by atoms with E-state index in [1.54, 1.807) is 11.3 Å². The van der Waals surface area contributed by atoms with Gasteiger partial charge >= 0.3 is 0 Å². The second kappa shape index (κ2) is 6.84. The summed E-state index contributed by atoms with van der Waals surface area (Å²) in [5.41, 5.74) is 1.32. The van der Waals surface area contributed by atoms with Crippen LogP contribution in [0.15, 0.2) is 11.4 Å². The van der Waals surface area contributed by atoms with E-state index in [9.17, 15) is 9.59 Å². The number of fused-ring (bicyclic) bond motifs is 1. The van der Waals surface area contributed by atoms with Crippen LogP contribution in [0.25, 0.3) is 0 Å². The zero-order valence-electron chi connectivity index (χ0n) is 13.8. The van der Waals surface area contributed by atoms with Gasteiger partial charge in [0.25, 0.3) is 0 Å². The lowest BCUT2D eigenvalue weighted by Crippen LogP contribution is -2.46. The molecule has 24 heavy (non-hydrogen) atoms. The zero-order chi connectivity index (χ0) is 16.5. The maximum absolute atomic E-state index is 12.7. The molecule has 1 saturated carbocycles. The molecule has 2 amide bonds. The molecule has 1 saturated heterocycles. The molecule has 1 N–H and O–H groups in total. The van der Waals surface area contributed by atoms with Gasteiger partial charge in [0.15, 0.2) is 0 Å². The Hall–Kier alpha value is -1.40. The monoisotopic (exact) mass is 348 g/mol. The van der Waals surface area contributed by atoms with E-state index >= 15 is 0 Å². The number of carbonyl (C=O) groups excluding carboxylic acids is 2. The van der Waals surface area contributed by atoms with E-state index in [1.165, 1.54) is 10.4 Å². The number of thiophene rings is 1. The predicted octanol–water partition coefficient (Wildman–Crippen LogP) is 2.27. The number of carbonyl (C=O) groups is 2. The minimum absolute atomic E-state index is 0.0483. The van der Waals surface area contributed by atoms with E-state index < -0.39 is 0 Å². The highest BCUT2D eigenvalue weighted by molar-refractivity contribution is 7.10. The Morgan fingerprint density at radius 3 is 3.04 bits per heavy atom. The molecule has 3 heterocycles. The van der Waals surface area contributed by atoms with Crippen molar-refractivity contribution in [3.05, 3.63) is 21.9 Å². The van der Waals surface area contributed by atoms with Crippen LogP contribution >= 0.6 is 11.3 Å². The van der Waals surface area contributed by atoms with Gasteiger partial charge < -0.3 is 15.0 Å². The van der Waals surface area contributed by atoms with Crippen molar-refractivity contribution < 1.29 is 14.3 Å². The summed E-state index contributed by atoms with van der Waals surface area (Å²) >= 11 is 1.68. The molecule has 4 rings (SSSR count). The maximum Gasteiger partial charge on any atom is 0.225 e. The molecule has 6 heteroatoms. The highest BCUT2D eigenvalue weighted by atomic mass is 32.1. The van der Waals surface area contributed by atoms with Crippen molar-refractivity contribution in [2.24, 2.45) is 5.92 Å². The smallest absolute Gasteiger partial charge is 0.225 e. The standard InChI is InChI=1S/C18H24N2O3S/c21-16(10-15-17-12(5-8-23-15)6-9-24-17)20-7-1-2-13(11-20)18(22)19-14-3-4-14/h6,9,13-15H,1-5,7-8,10-11H2,(H,19,22). The molecule has 0 aromatic carbocycles. The Morgan fingerprint density at radius 1 is 1.33 bits per heavy atom. The molecule has 130 valence electrons. The fourth-order valence-electron chi connectivity index (χ4n) is 3.63. The van der Waals surface area contributed by atoms with Gasteiger partial charge in [-0.2, -0.15) is 0 Å². The Kier molecular flexibility index (Phi) is 4.59. The number of piperidine rings is 1. The molecular weight excluding hydrogens is 324 g/mol. The number of likely N-dealkylation sites (tertiary alicyclic amines) is 1. The van der Waals surface area contributed by atoms with Crippen molar-refractivity contribution in [1.29, 1.82) is 0 Å². The van der Waals surface area contributed by atoms with Gasteiger partial charge in [-0.3, -0.25) is 9.59 Å². The number of ether oxygens (including phenoxy) is 1. The van der Waals surface area contributed by atoms with Gasteiger partial charge in [-0.05, 0) is 49.1 Å². The van der Waals surface area contributed by atoms with Crippen LogP contribution in [0, 0.1) is 5.92 Å². The molecule has 2 fully saturated rings. The fraction of sp³-hybridized carbons (Fsp3) is 0.667. The molecule has 0 bridgehead atoms. The van der Waals surface area contributed by atoms with E-state index in [-0.39, 0.29) is 23.8 Å². The van der Waals surface area contributed by atoms with E-state index in [0.29, 0.717) is 25.6 Å². The summed E-state index contributed by atoms with van der Waals surface area (Å²) in [6.07, 6.45) is 5.22. The van der Waals surface area contributed by atoms with Crippen LogP contribution in [0.2, 0.25) is 0 Å². The number of hydrogen-bond donors (Lipinski definition) is 1. The van der Waals surface area contributed by atoms with Crippen LogP contribution in [0.5, 0.6) is 0 Å². The van der Waals surface area contributed by atoms with E-state index in [1.807, 2.05) is 4.90 Å². The first-order valence-electron chi connectivity index (χ1n) is 8.96. The summed E-state index contributed by atoms with van der Waals surface area (Å²) in [5, 5.41) is 5.15. The molecular formula is C18H24N2O3S. The Balaban J connectivity index is 1.35. The summed E-state index contributed by atoms with van der Waals surface area (Å²) in [6.45, 7) is 2.01. The Morgan fingerprint density at radius 2 is 2.21 bits per heavy atom.